The Kier molecular flexibility index (Phi) is 4.53. The molecule has 1 amide bonds. The number of hydrogen-bond donors (Lipinski definition) is 1. The molecule has 1 saturated heterocycles. The maximum atomic E-state index is 13.0. The van der Waals surface area contributed by atoms with Crippen molar-refractivity contribution in [3.63, 3.8) is 0 Å². The van der Waals surface area contributed by atoms with Crippen LogP contribution in [0.2, 0.25) is 0 Å². The summed E-state index contributed by atoms with van der Waals surface area (Å²) in [5.74, 6) is 0.710. The number of rotatable bonds is 4. The molecule has 3 rings (SSSR count). The van der Waals surface area contributed by atoms with Crippen LogP contribution < -0.4 is 0 Å². The van der Waals surface area contributed by atoms with Crippen LogP contribution in [0, 0.1) is 11.3 Å². The number of nitrogens with zero attached hydrogens (tertiary/aromatic N) is 1. The van der Waals surface area contributed by atoms with E-state index in [1.54, 1.807) is 0 Å². The summed E-state index contributed by atoms with van der Waals surface area (Å²) < 4.78 is 0. The first-order valence-corrected chi connectivity index (χ1v) is 8.62. The highest BCUT2D eigenvalue weighted by molar-refractivity contribution is 5.84. The van der Waals surface area contributed by atoms with Gasteiger partial charge < -0.3 is 10.0 Å². The number of carbonyl (C=O) groups is 1. The SMILES string of the molecule is CC(O)C1CCN(C(=O)C2(Cc3ccccc3)CCC2)CC1. The Morgan fingerprint density at radius 1 is 1.27 bits per heavy atom. The molecular formula is C19H27NO2. The molecular weight excluding hydrogens is 274 g/mol. The summed E-state index contributed by atoms with van der Waals surface area (Å²) in [5, 5.41) is 9.71. The topological polar surface area (TPSA) is 40.5 Å². The maximum Gasteiger partial charge on any atom is 0.229 e. The summed E-state index contributed by atoms with van der Waals surface area (Å²) in [4.78, 5) is 15.1. The fraction of sp³-hybridized carbons (Fsp3) is 0.632. The third kappa shape index (κ3) is 3.05. The Morgan fingerprint density at radius 2 is 1.91 bits per heavy atom. The number of piperidine rings is 1. The standard InChI is InChI=1S/C19H27NO2/c1-15(21)17-8-12-20(13-9-17)18(22)19(10-5-11-19)14-16-6-3-2-4-7-16/h2-4,6-7,15,17,21H,5,8-14H2,1H3. The van der Waals surface area contributed by atoms with Crippen LogP contribution in [0.4, 0.5) is 0 Å². The van der Waals surface area contributed by atoms with Gasteiger partial charge in [-0.05, 0) is 50.5 Å². The van der Waals surface area contributed by atoms with E-state index in [0.717, 1.165) is 45.2 Å². The van der Waals surface area contributed by atoms with Crippen molar-refractivity contribution in [2.24, 2.45) is 11.3 Å². The van der Waals surface area contributed by atoms with Gasteiger partial charge in [-0.15, -0.1) is 0 Å². The van der Waals surface area contributed by atoms with Crippen LogP contribution in [0.3, 0.4) is 0 Å². The van der Waals surface area contributed by atoms with Crippen molar-refractivity contribution < 1.29 is 9.90 Å². The predicted octanol–water partition coefficient (Wildman–Crippen LogP) is 3.02. The number of likely N-dealkylation sites (tertiary alicyclic amines) is 1. The van der Waals surface area contributed by atoms with Crippen LogP contribution in [0.5, 0.6) is 0 Å². The first kappa shape index (κ1) is 15.5. The fourth-order valence-corrected chi connectivity index (χ4v) is 3.98. The molecule has 1 aliphatic carbocycles. The van der Waals surface area contributed by atoms with Crippen LogP contribution in [0.25, 0.3) is 0 Å². The minimum absolute atomic E-state index is 0.154. The Hall–Kier alpha value is -1.35. The van der Waals surface area contributed by atoms with Gasteiger partial charge in [-0.3, -0.25) is 4.79 Å². The Labute approximate surface area is 133 Å². The first-order valence-electron chi connectivity index (χ1n) is 8.62. The molecule has 2 aliphatic rings. The zero-order valence-electron chi connectivity index (χ0n) is 13.5. The summed E-state index contributed by atoms with van der Waals surface area (Å²) >= 11 is 0. The summed E-state index contributed by atoms with van der Waals surface area (Å²) in [6.07, 6.45) is 5.72. The molecule has 3 heteroatoms. The van der Waals surface area contributed by atoms with E-state index in [0.29, 0.717) is 11.8 Å². The average molecular weight is 301 g/mol. The zero-order chi connectivity index (χ0) is 15.6. The molecule has 0 radical (unpaired) electrons. The van der Waals surface area contributed by atoms with Crippen molar-refractivity contribution in [3.05, 3.63) is 35.9 Å². The molecule has 22 heavy (non-hydrogen) atoms. The number of aliphatic hydroxyl groups is 1. The first-order chi connectivity index (χ1) is 10.6. The van der Waals surface area contributed by atoms with Gasteiger partial charge >= 0.3 is 0 Å². The number of hydrogen-bond acceptors (Lipinski definition) is 2. The van der Waals surface area contributed by atoms with Gasteiger partial charge in [-0.1, -0.05) is 36.8 Å². The average Bonchev–Trinajstić information content (AvgIpc) is 2.51. The van der Waals surface area contributed by atoms with Crippen molar-refractivity contribution in [1.29, 1.82) is 0 Å². The van der Waals surface area contributed by atoms with Gasteiger partial charge in [-0.25, -0.2) is 0 Å². The second kappa shape index (κ2) is 6.41. The van der Waals surface area contributed by atoms with Crippen molar-refractivity contribution in [2.75, 3.05) is 13.1 Å². The van der Waals surface area contributed by atoms with Crippen LogP contribution in [-0.2, 0) is 11.2 Å². The van der Waals surface area contributed by atoms with Gasteiger partial charge in [0.15, 0.2) is 0 Å². The van der Waals surface area contributed by atoms with E-state index in [2.05, 4.69) is 29.2 Å². The number of benzene rings is 1. The largest absolute Gasteiger partial charge is 0.393 e. The quantitative estimate of drug-likeness (QED) is 0.928. The Bertz CT molecular complexity index is 499. The molecule has 1 atom stereocenters. The molecule has 0 bridgehead atoms. The molecule has 1 heterocycles. The summed E-state index contributed by atoms with van der Waals surface area (Å²) in [7, 11) is 0. The molecule has 0 spiro atoms. The Morgan fingerprint density at radius 3 is 2.41 bits per heavy atom. The molecule has 3 nitrogen and oxygen atoms in total. The van der Waals surface area contributed by atoms with Crippen molar-refractivity contribution in [2.45, 2.75) is 51.6 Å². The third-order valence-corrected chi connectivity index (χ3v) is 5.66. The van der Waals surface area contributed by atoms with E-state index in [9.17, 15) is 9.90 Å². The van der Waals surface area contributed by atoms with Crippen molar-refractivity contribution in [1.82, 2.24) is 4.90 Å². The maximum absolute atomic E-state index is 13.0. The lowest BCUT2D eigenvalue weighted by Crippen LogP contribution is -2.52. The lowest BCUT2D eigenvalue weighted by molar-refractivity contribution is -0.149. The van der Waals surface area contributed by atoms with Crippen LogP contribution in [-0.4, -0.2) is 35.1 Å². The summed E-state index contributed by atoms with van der Waals surface area (Å²) in [6, 6.07) is 10.4. The van der Waals surface area contributed by atoms with E-state index in [1.807, 2.05) is 13.0 Å². The highest BCUT2D eigenvalue weighted by Crippen LogP contribution is 2.45. The molecule has 1 N–H and O–H groups in total. The van der Waals surface area contributed by atoms with Crippen molar-refractivity contribution in [3.8, 4) is 0 Å². The highest BCUT2D eigenvalue weighted by Gasteiger charge is 2.46. The van der Waals surface area contributed by atoms with E-state index < -0.39 is 0 Å². The lowest BCUT2D eigenvalue weighted by atomic mass is 9.64. The van der Waals surface area contributed by atoms with Gasteiger partial charge in [0.25, 0.3) is 0 Å². The molecule has 1 aliphatic heterocycles. The highest BCUT2D eigenvalue weighted by atomic mass is 16.3. The number of carbonyl (C=O) groups excluding carboxylic acids is 1. The van der Waals surface area contributed by atoms with Gasteiger partial charge in [-0.2, -0.15) is 0 Å². The molecule has 1 saturated carbocycles. The van der Waals surface area contributed by atoms with Crippen LogP contribution in [0.1, 0.15) is 44.6 Å². The van der Waals surface area contributed by atoms with E-state index in [4.69, 9.17) is 0 Å². The molecule has 120 valence electrons. The number of aliphatic hydroxyl groups excluding tert-OH is 1. The summed E-state index contributed by atoms with van der Waals surface area (Å²) in [5.41, 5.74) is 1.12. The molecule has 0 aromatic heterocycles. The van der Waals surface area contributed by atoms with E-state index in [-0.39, 0.29) is 11.5 Å². The van der Waals surface area contributed by atoms with Crippen LogP contribution >= 0.6 is 0 Å². The molecule has 1 unspecified atom stereocenters. The third-order valence-electron chi connectivity index (χ3n) is 5.66. The second-order valence-corrected chi connectivity index (χ2v) is 7.17. The predicted molar refractivity (Wildman–Crippen MR) is 87.4 cm³/mol. The van der Waals surface area contributed by atoms with Crippen LogP contribution in [0.15, 0.2) is 30.3 Å². The minimum Gasteiger partial charge on any atom is -0.393 e. The normalized spacial score (nSPS) is 22.9. The molecule has 1 aromatic rings. The number of amides is 1. The summed E-state index contributed by atoms with van der Waals surface area (Å²) in [6.45, 7) is 3.49. The smallest absolute Gasteiger partial charge is 0.229 e. The monoisotopic (exact) mass is 301 g/mol. The molecule has 1 aromatic carbocycles. The second-order valence-electron chi connectivity index (χ2n) is 7.17. The van der Waals surface area contributed by atoms with Gasteiger partial charge in [0.2, 0.25) is 5.91 Å². The van der Waals surface area contributed by atoms with Gasteiger partial charge in [0.05, 0.1) is 11.5 Å². The van der Waals surface area contributed by atoms with E-state index >= 15 is 0 Å². The lowest BCUT2D eigenvalue weighted by Gasteiger charge is -2.45. The fourth-order valence-electron chi connectivity index (χ4n) is 3.98. The van der Waals surface area contributed by atoms with E-state index in [1.165, 1.54) is 12.0 Å². The minimum atomic E-state index is -0.251. The zero-order valence-corrected chi connectivity index (χ0v) is 13.5. The molecule has 2 fully saturated rings. The van der Waals surface area contributed by atoms with Gasteiger partial charge in [0, 0.05) is 13.1 Å². The van der Waals surface area contributed by atoms with Gasteiger partial charge in [0.1, 0.15) is 0 Å². The Balaban J connectivity index is 1.65. The van der Waals surface area contributed by atoms with Crippen molar-refractivity contribution >= 4 is 5.91 Å².